The molecule has 2 aliphatic heterocycles. The summed E-state index contributed by atoms with van der Waals surface area (Å²) in [6.07, 6.45) is 6.55. The third-order valence-electron chi connectivity index (χ3n) is 10.0. The first kappa shape index (κ1) is 28.7. The Kier molecular flexibility index (Phi) is 7.26. The van der Waals surface area contributed by atoms with Crippen molar-refractivity contribution in [3.05, 3.63) is 65.2 Å². The van der Waals surface area contributed by atoms with Crippen molar-refractivity contribution >= 4 is 16.0 Å². The minimum Gasteiger partial charge on any atom is -0.476 e. The van der Waals surface area contributed by atoms with Crippen LogP contribution >= 0.6 is 0 Å². The van der Waals surface area contributed by atoms with Crippen molar-refractivity contribution in [2.45, 2.75) is 89.4 Å². The molecule has 9 heteroatoms. The Balaban J connectivity index is 1.25. The van der Waals surface area contributed by atoms with Gasteiger partial charge in [-0.3, -0.25) is 9.80 Å². The van der Waals surface area contributed by atoms with Crippen LogP contribution in [0.4, 0.5) is 5.95 Å². The molecule has 0 amide bonds. The lowest BCUT2D eigenvalue weighted by Gasteiger charge is -2.55. The highest BCUT2D eigenvalue weighted by molar-refractivity contribution is 7.92. The Morgan fingerprint density at radius 2 is 1.72 bits per heavy atom. The number of anilines is 1. The van der Waals surface area contributed by atoms with Crippen molar-refractivity contribution < 1.29 is 13.2 Å². The highest BCUT2D eigenvalue weighted by Crippen LogP contribution is 2.62. The highest BCUT2D eigenvalue weighted by Gasteiger charge is 2.56. The van der Waals surface area contributed by atoms with Gasteiger partial charge in [-0.15, -0.1) is 0 Å². The molecule has 0 unspecified atom stereocenters. The molecular formula is C34H43N5O3S. The Morgan fingerprint density at radius 1 is 1.00 bits per heavy atom. The number of nitrogens with one attached hydrogen (secondary N) is 1. The number of fused-ring (bicyclic) bond motifs is 4. The van der Waals surface area contributed by atoms with Crippen LogP contribution in [0.5, 0.6) is 5.88 Å². The molecule has 0 radical (unpaired) electrons. The summed E-state index contributed by atoms with van der Waals surface area (Å²) in [7, 11) is -3.92. The van der Waals surface area contributed by atoms with Gasteiger partial charge in [0, 0.05) is 49.4 Å². The van der Waals surface area contributed by atoms with Crippen molar-refractivity contribution in [3.8, 4) is 17.1 Å². The first-order valence-electron chi connectivity index (χ1n) is 15.8. The molecule has 1 atom stereocenters. The number of hydrogen-bond donors (Lipinski definition) is 1. The first-order valence-corrected chi connectivity index (χ1v) is 17.3. The first-order chi connectivity index (χ1) is 20.6. The standard InChI is InChI=1S/C34H43N5O3S/c1-22(2)13-26-21-42-31-15-30(32-23(3)7-5-8-24(32)4)35-33(36-31)37-43(40,41)29-10-6-9-25(14-29)18-39(26)28-19-38(20-28)27-16-34(17-27)11-12-34/h5-10,14-15,22,26-28H,11-13,16-21H2,1-4H3,(H,35,36,37)/t26-/m1/s1. The Labute approximate surface area is 255 Å². The summed E-state index contributed by atoms with van der Waals surface area (Å²) in [4.78, 5) is 14.7. The molecule has 2 aliphatic carbocycles. The number of ether oxygens (including phenoxy) is 1. The van der Waals surface area contributed by atoms with Gasteiger partial charge in [0.15, 0.2) is 0 Å². The van der Waals surface area contributed by atoms with Gasteiger partial charge in [0.2, 0.25) is 11.8 Å². The summed E-state index contributed by atoms with van der Waals surface area (Å²) >= 11 is 0. The van der Waals surface area contributed by atoms with E-state index in [9.17, 15) is 8.42 Å². The molecule has 3 fully saturated rings. The fourth-order valence-corrected chi connectivity index (χ4v) is 8.47. The number of sulfonamides is 1. The molecule has 1 saturated heterocycles. The largest absolute Gasteiger partial charge is 0.476 e. The molecule has 7 rings (SSSR count). The van der Waals surface area contributed by atoms with E-state index in [-0.39, 0.29) is 16.9 Å². The van der Waals surface area contributed by atoms with Gasteiger partial charge >= 0.3 is 0 Å². The summed E-state index contributed by atoms with van der Waals surface area (Å²) < 4.78 is 36.4. The van der Waals surface area contributed by atoms with E-state index in [0.717, 1.165) is 47.8 Å². The van der Waals surface area contributed by atoms with E-state index in [1.807, 2.05) is 50.2 Å². The molecule has 1 N–H and O–H groups in total. The Morgan fingerprint density at radius 3 is 2.42 bits per heavy atom. The van der Waals surface area contributed by atoms with Crippen molar-refractivity contribution in [3.63, 3.8) is 0 Å². The average molecular weight is 602 g/mol. The Hall–Kier alpha value is -3.01. The normalized spacial score (nSPS) is 23.7. The van der Waals surface area contributed by atoms with E-state index in [0.29, 0.717) is 42.1 Å². The summed E-state index contributed by atoms with van der Waals surface area (Å²) in [6.45, 7) is 11.9. The second-order valence-corrected chi connectivity index (χ2v) is 15.6. The highest BCUT2D eigenvalue weighted by atomic mass is 32.2. The monoisotopic (exact) mass is 601 g/mol. The minimum atomic E-state index is -3.92. The van der Waals surface area contributed by atoms with E-state index in [4.69, 9.17) is 4.74 Å². The summed E-state index contributed by atoms with van der Waals surface area (Å²) in [5.41, 5.74) is 5.40. The van der Waals surface area contributed by atoms with E-state index in [1.54, 1.807) is 12.1 Å². The SMILES string of the molecule is Cc1cccc(C)c1-c1cc2nc(n1)NS(=O)(=O)c1cccc(c1)CN(C1CN(C3CC4(CC4)C3)C1)[C@H](CC(C)C)CO2. The van der Waals surface area contributed by atoms with Crippen molar-refractivity contribution in [2.75, 3.05) is 24.4 Å². The predicted molar refractivity (Wildman–Crippen MR) is 169 cm³/mol. The van der Waals surface area contributed by atoms with Crippen LogP contribution in [0.3, 0.4) is 0 Å². The van der Waals surface area contributed by atoms with Crippen LogP contribution in [0.25, 0.3) is 11.3 Å². The molecule has 1 aromatic heterocycles. The summed E-state index contributed by atoms with van der Waals surface area (Å²) in [5, 5.41) is 0. The van der Waals surface area contributed by atoms with Gasteiger partial charge in [0.25, 0.3) is 10.0 Å². The zero-order valence-electron chi connectivity index (χ0n) is 25.7. The maximum atomic E-state index is 13.6. The molecular weight excluding hydrogens is 558 g/mol. The third kappa shape index (κ3) is 5.79. The zero-order chi connectivity index (χ0) is 29.9. The van der Waals surface area contributed by atoms with E-state index in [2.05, 4.69) is 38.3 Å². The average Bonchev–Trinajstić information content (AvgIpc) is 3.70. The fourth-order valence-electron chi connectivity index (χ4n) is 7.45. The lowest BCUT2D eigenvalue weighted by Crippen LogP contribution is -2.66. The molecule has 3 heterocycles. The second-order valence-electron chi connectivity index (χ2n) is 13.9. The summed E-state index contributed by atoms with van der Waals surface area (Å²) in [6, 6.07) is 16.5. The van der Waals surface area contributed by atoms with E-state index in [1.165, 1.54) is 25.7 Å². The van der Waals surface area contributed by atoms with Crippen LogP contribution in [-0.4, -0.2) is 66.0 Å². The van der Waals surface area contributed by atoms with Crippen LogP contribution in [0, 0.1) is 25.2 Å². The fraction of sp³-hybridized carbons (Fsp3) is 0.529. The number of aromatic nitrogens is 2. The van der Waals surface area contributed by atoms with Gasteiger partial charge in [-0.2, -0.15) is 4.98 Å². The Bertz CT molecular complexity index is 1600. The molecule has 4 aliphatic rings. The summed E-state index contributed by atoms with van der Waals surface area (Å²) in [5.74, 6) is 0.869. The molecule has 2 aromatic carbocycles. The van der Waals surface area contributed by atoms with E-state index < -0.39 is 10.0 Å². The van der Waals surface area contributed by atoms with Crippen molar-refractivity contribution in [1.82, 2.24) is 19.8 Å². The number of likely N-dealkylation sites (tertiary alicyclic amines) is 1. The molecule has 8 nitrogen and oxygen atoms in total. The molecule has 2 saturated carbocycles. The molecule has 1 spiro atoms. The third-order valence-corrected chi connectivity index (χ3v) is 11.4. The van der Waals surface area contributed by atoms with Crippen LogP contribution in [0.15, 0.2) is 53.4 Å². The van der Waals surface area contributed by atoms with Crippen LogP contribution < -0.4 is 9.46 Å². The van der Waals surface area contributed by atoms with Crippen LogP contribution in [0.1, 0.15) is 62.6 Å². The second kappa shape index (κ2) is 10.9. The van der Waals surface area contributed by atoms with Gasteiger partial charge in [0.05, 0.1) is 10.6 Å². The zero-order valence-corrected chi connectivity index (χ0v) is 26.5. The van der Waals surface area contributed by atoms with Crippen molar-refractivity contribution in [1.29, 1.82) is 0 Å². The number of nitrogens with zero attached hydrogens (tertiary/aromatic N) is 4. The topological polar surface area (TPSA) is 87.7 Å². The van der Waals surface area contributed by atoms with Gasteiger partial charge in [0.1, 0.15) is 6.61 Å². The van der Waals surface area contributed by atoms with Crippen LogP contribution in [0.2, 0.25) is 0 Å². The van der Waals surface area contributed by atoms with Crippen LogP contribution in [-0.2, 0) is 16.6 Å². The molecule has 3 aromatic rings. The molecule has 43 heavy (non-hydrogen) atoms. The molecule has 4 bridgehead atoms. The maximum absolute atomic E-state index is 13.6. The smallest absolute Gasteiger partial charge is 0.264 e. The predicted octanol–water partition coefficient (Wildman–Crippen LogP) is 5.80. The van der Waals surface area contributed by atoms with Gasteiger partial charge in [-0.05, 0) is 86.1 Å². The number of benzene rings is 2. The maximum Gasteiger partial charge on any atom is 0.264 e. The van der Waals surface area contributed by atoms with Crippen molar-refractivity contribution in [2.24, 2.45) is 11.3 Å². The van der Waals surface area contributed by atoms with E-state index >= 15 is 0 Å². The lowest BCUT2D eigenvalue weighted by molar-refractivity contribution is -0.0651. The quantitative estimate of drug-likeness (QED) is 0.396. The van der Waals surface area contributed by atoms with Gasteiger partial charge < -0.3 is 4.74 Å². The van der Waals surface area contributed by atoms with Gasteiger partial charge in [-0.1, -0.05) is 44.2 Å². The minimum absolute atomic E-state index is 0.0145. The number of rotatable bonds is 5. The number of aryl methyl sites for hydroxylation is 2. The lowest BCUT2D eigenvalue weighted by atomic mass is 9.74. The molecule has 228 valence electrons. The van der Waals surface area contributed by atoms with Gasteiger partial charge in [-0.25, -0.2) is 18.1 Å². The number of hydrogen-bond acceptors (Lipinski definition) is 7.